The molecule has 2 aromatic rings. The van der Waals surface area contributed by atoms with Crippen LogP contribution in [0.1, 0.15) is 33.3 Å². The van der Waals surface area contributed by atoms with E-state index < -0.39 is 0 Å². The lowest BCUT2D eigenvalue weighted by Gasteiger charge is -2.19. The highest BCUT2D eigenvalue weighted by Gasteiger charge is 2.13. The zero-order chi connectivity index (χ0) is 17.6. The van der Waals surface area contributed by atoms with Gasteiger partial charge in [0.1, 0.15) is 11.5 Å². The summed E-state index contributed by atoms with van der Waals surface area (Å²) < 4.78 is 11.0. The number of amides is 1. The summed E-state index contributed by atoms with van der Waals surface area (Å²) in [6.07, 6.45) is 0. The smallest absolute Gasteiger partial charge is 0.262 e. The van der Waals surface area contributed by atoms with Crippen molar-refractivity contribution in [1.82, 2.24) is 0 Å². The van der Waals surface area contributed by atoms with Crippen LogP contribution in [-0.2, 0) is 10.2 Å². The van der Waals surface area contributed by atoms with E-state index in [1.807, 2.05) is 49.4 Å². The van der Waals surface area contributed by atoms with Crippen molar-refractivity contribution in [3.05, 3.63) is 54.1 Å². The fraction of sp³-hybridized carbons (Fsp3) is 0.350. The number of ether oxygens (including phenoxy) is 2. The van der Waals surface area contributed by atoms with Gasteiger partial charge in [0.05, 0.1) is 12.3 Å². The third-order valence-electron chi connectivity index (χ3n) is 3.55. The fourth-order valence-corrected chi connectivity index (χ4v) is 2.24. The number of hydrogen-bond donors (Lipinski definition) is 1. The number of nitrogens with one attached hydrogen (secondary N) is 1. The molecule has 0 spiro atoms. The largest absolute Gasteiger partial charge is 0.492 e. The average molecular weight is 327 g/mol. The van der Waals surface area contributed by atoms with Crippen LogP contribution in [0.2, 0.25) is 0 Å². The molecule has 2 aromatic carbocycles. The summed E-state index contributed by atoms with van der Waals surface area (Å²) in [5.74, 6) is 1.11. The molecule has 0 aliphatic rings. The number of anilines is 1. The van der Waals surface area contributed by atoms with Gasteiger partial charge < -0.3 is 14.8 Å². The zero-order valence-electron chi connectivity index (χ0n) is 14.8. The lowest BCUT2D eigenvalue weighted by molar-refractivity contribution is -0.118. The zero-order valence-corrected chi connectivity index (χ0v) is 14.8. The highest BCUT2D eigenvalue weighted by atomic mass is 16.5. The maximum atomic E-state index is 12.1. The van der Waals surface area contributed by atoms with Crippen molar-refractivity contribution in [3.63, 3.8) is 0 Å². The lowest BCUT2D eigenvalue weighted by atomic mass is 9.87. The maximum Gasteiger partial charge on any atom is 0.262 e. The minimum atomic E-state index is -0.220. The topological polar surface area (TPSA) is 47.6 Å². The van der Waals surface area contributed by atoms with Crippen molar-refractivity contribution < 1.29 is 14.3 Å². The second-order valence-electron chi connectivity index (χ2n) is 6.54. The Kier molecular flexibility index (Phi) is 5.85. The monoisotopic (exact) mass is 327 g/mol. The Balaban J connectivity index is 1.92. The molecule has 1 amide bonds. The number of rotatable bonds is 6. The van der Waals surface area contributed by atoms with E-state index >= 15 is 0 Å². The van der Waals surface area contributed by atoms with Gasteiger partial charge in [-0.05, 0) is 42.2 Å². The Morgan fingerprint density at radius 1 is 1.00 bits per heavy atom. The van der Waals surface area contributed by atoms with Gasteiger partial charge in [-0.15, -0.1) is 0 Å². The van der Waals surface area contributed by atoms with Gasteiger partial charge in [-0.1, -0.05) is 45.0 Å². The fourth-order valence-electron chi connectivity index (χ4n) is 2.24. The molecule has 24 heavy (non-hydrogen) atoms. The van der Waals surface area contributed by atoms with E-state index in [0.29, 0.717) is 23.8 Å². The first-order chi connectivity index (χ1) is 11.4. The summed E-state index contributed by atoms with van der Waals surface area (Å²) in [4.78, 5) is 12.1. The number of hydrogen-bond acceptors (Lipinski definition) is 3. The molecular formula is C20H25NO3. The van der Waals surface area contributed by atoms with Gasteiger partial charge in [-0.25, -0.2) is 0 Å². The van der Waals surface area contributed by atoms with Crippen LogP contribution >= 0.6 is 0 Å². The van der Waals surface area contributed by atoms with Gasteiger partial charge in [0.25, 0.3) is 5.91 Å². The van der Waals surface area contributed by atoms with Crippen LogP contribution in [0.4, 0.5) is 5.69 Å². The number of carbonyl (C=O) groups excluding carboxylic acids is 1. The van der Waals surface area contributed by atoms with E-state index in [-0.39, 0.29) is 17.9 Å². The Bertz CT molecular complexity index is 672. The molecule has 1 N–H and O–H groups in total. The molecule has 128 valence electrons. The molecule has 0 unspecified atom stereocenters. The van der Waals surface area contributed by atoms with Crippen molar-refractivity contribution in [1.29, 1.82) is 0 Å². The standard InChI is InChI=1S/C20H25NO3/c1-5-23-18-9-7-6-8-17(18)21-19(22)14-24-16-12-10-15(11-13-16)20(2,3)4/h6-13H,5,14H2,1-4H3,(H,21,22). The van der Waals surface area contributed by atoms with Crippen molar-refractivity contribution in [3.8, 4) is 11.5 Å². The van der Waals surface area contributed by atoms with Gasteiger partial charge in [-0.2, -0.15) is 0 Å². The third-order valence-corrected chi connectivity index (χ3v) is 3.55. The van der Waals surface area contributed by atoms with E-state index in [0.717, 1.165) is 0 Å². The third kappa shape index (κ3) is 5.01. The van der Waals surface area contributed by atoms with Crippen LogP contribution in [0.15, 0.2) is 48.5 Å². The Labute approximate surface area is 143 Å². The van der Waals surface area contributed by atoms with Gasteiger partial charge in [0.15, 0.2) is 6.61 Å². The molecule has 4 heteroatoms. The summed E-state index contributed by atoms with van der Waals surface area (Å²) in [5.41, 5.74) is 1.97. The van der Waals surface area contributed by atoms with E-state index in [2.05, 4.69) is 26.1 Å². The van der Waals surface area contributed by atoms with Crippen molar-refractivity contribution in [2.45, 2.75) is 33.1 Å². The normalized spacial score (nSPS) is 11.0. The van der Waals surface area contributed by atoms with Crippen molar-refractivity contribution in [2.24, 2.45) is 0 Å². The maximum absolute atomic E-state index is 12.1. The molecule has 0 radical (unpaired) electrons. The van der Waals surface area contributed by atoms with E-state index in [9.17, 15) is 4.79 Å². The van der Waals surface area contributed by atoms with Gasteiger partial charge in [0, 0.05) is 0 Å². The highest BCUT2D eigenvalue weighted by molar-refractivity contribution is 5.93. The van der Waals surface area contributed by atoms with E-state index in [1.54, 1.807) is 6.07 Å². The number of benzene rings is 2. The first kappa shape index (κ1) is 17.9. The summed E-state index contributed by atoms with van der Waals surface area (Å²) in [6.45, 7) is 8.88. The molecule has 0 saturated carbocycles. The van der Waals surface area contributed by atoms with Crippen LogP contribution in [0.25, 0.3) is 0 Å². The van der Waals surface area contributed by atoms with Gasteiger partial charge in [-0.3, -0.25) is 4.79 Å². The average Bonchev–Trinajstić information content (AvgIpc) is 2.55. The molecule has 0 fully saturated rings. The molecule has 2 rings (SSSR count). The first-order valence-corrected chi connectivity index (χ1v) is 8.15. The summed E-state index contributed by atoms with van der Waals surface area (Å²) in [5, 5.41) is 2.81. The van der Waals surface area contributed by atoms with E-state index in [4.69, 9.17) is 9.47 Å². The lowest BCUT2D eigenvalue weighted by Crippen LogP contribution is -2.20. The van der Waals surface area contributed by atoms with Crippen LogP contribution in [-0.4, -0.2) is 19.1 Å². The molecule has 0 saturated heterocycles. The molecule has 0 atom stereocenters. The molecule has 0 aliphatic heterocycles. The van der Waals surface area contributed by atoms with Crippen molar-refractivity contribution >= 4 is 11.6 Å². The molecule has 0 bridgehead atoms. The predicted octanol–water partition coefficient (Wildman–Crippen LogP) is 4.40. The molecule has 0 aromatic heterocycles. The second kappa shape index (κ2) is 7.86. The predicted molar refractivity (Wildman–Crippen MR) is 96.9 cm³/mol. The summed E-state index contributed by atoms with van der Waals surface area (Å²) in [6, 6.07) is 15.2. The molecule has 0 aliphatic carbocycles. The molecular weight excluding hydrogens is 302 g/mol. The van der Waals surface area contributed by atoms with Crippen LogP contribution < -0.4 is 14.8 Å². The minimum absolute atomic E-state index is 0.0463. The molecule has 4 nitrogen and oxygen atoms in total. The Hall–Kier alpha value is -2.49. The Morgan fingerprint density at radius 3 is 2.29 bits per heavy atom. The number of carbonyl (C=O) groups is 1. The van der Waals surface area contributed by atoms with Crippen LogP contribution in [0.5, 0.6) is 11.5 Å². The van der Waals surface area contributed by atoms with Gasteiger partial charge in [0.2, 0.25) is 0 Å². The SMILES string of the molecule is CCOc1ccccc1NC(=O)COc1ccc(C(C)(C)C)cc1. The second-order valence-corrected chi connectivity index (χ2v) is 6.54. The summed E-state index contributed by atoms with van der Waals surface area (Å²) >= 11 is 0. The molecule has 0 heterocycles. The summed E-state index contributed by atoms with van der Waals surface area (Å²) in [7, 11) is 0. The van der Waals surface area contributed by atoms with E-state index in [1.165, 1.54) is 5.56 Å². The number of para-hydroxylation sites is 2. The highest BCUT2D eigenvalue weighted by Crippen LogP contribution is 2.25. The van der Waals surface area contributed by atoms with Gasteiger partial charge >= 0.3 is 0 Å². The quantitative estimate of drug-likeness (QED) is 0.855. The Morgan fingerprint density at radius 2 is 1.67 bits per heavy atom. The van der Waals surface area contributed by atoms with Crippen molar-refractivity contribution in [2.75, 3.05) is 18.5 Å². The first-order valence-electron chi connectivity index (χ1n) is 8.15. The minimum Gasteiger partial charge on any atom is -0.492 e. The van der Waals surface area contributed by atoms with Crippen LogP contribution in [0.3, 0.4) is 0 Å². The van der Waals surface area contributed by atoms with Crippen LogP contribution in [0, 0.1) is 0 Å².